The highest BCUT2D eigenvalue weighted by atomic mass is 16.5. The topological polar surface area (TPSA) is 26.3 Å². The van der Waals surface area contributed by atoms with E-state index >= 15 is 0 Å². The van der Waals surface area contributed by atoms with Gasteiger partial charge in [0.25, 0.3) is 0 Å². The zero-order valence-electron chi connectivity index (χ0n) is 12.6. The van der Waals surface area contributed by atoms with E-state index in [0.717, 1.165) is 18.8 Å². The molecule has 0 heterocycles. The Hall–Kier alpha value is -0.790. The summed E-state index contributed by atoms with van der Waals surface area (Å²) in [5.41, 5.74) is 0. The second-order valence-corrected chi connectivity index (χ2v) is 5.68. The van der Waals surface area contributed by atoms with Crippen LogP contribution in [0.5, 0.6) is 0 Å². The number of allylic oxidation sites excluding steroid dienone is 1. The van der Waals surface area contributed by atoms with Gasteiger partial charge in [0.2, 0.25) is 0 Å². The van der Waals surface area contributed by atoms with E-state index in [0.29, 0.717) is 5.92 Å². The molecule has 0 rings (SSSR count). The van der Waals surface area contributed by atoms with Crippen molar-refractivity contribution in [3.63, 3.8) is 0 Å². The number of carbonyl (C=O) groups excluding carboxylic acids is 1. The van der Waals surface area contributed by atoms with E-state index in [2.05, 4.69) is 20.4 Å². The summed E-state index contributed by atoms with van der Waals surface area (Å²) in [5.74, 6) is 1.28. The Labute approximate surface area is 113 Å². The average Bonchev–Trinajstić information content (AvgIpc) is 2.33. The van der Waals surface area contributed by atoms with Crippen LogP contribution in [0.3, 0.4) is 0 Å². The van der Waals surface area contributed by atoms with Gasteiger partial charge in [-0.3, -0.25) is 4.79 Å². The largest absolute Gasteiger partial charge is 0.469 e. The molecule has 0 radical (unpaired) electrons. The number of carbonyl (C=O) groups is 1. The summed E-state index contributed by atoms with van der Waals surface area (Å²) in [5, 5.41) is 0. The monoisotopic (exact) mass is 254 g/mol. The van der Waals surface area contributed by atoms with Gasteiger partial charge >= 0.3 is 5.97 Å². The number of ether oxygens (including phenoxy) is 1. The van der Waals surface area contributed by atoms with Gasteiger partial charge in [-0.15, -0.1) is 6.58 Å². The SMILES string of the molecule is C=CCCCCC(C)CC(C)CC(C)C(=O)OC. The van der Waals surface area contributed by atoms with E-state index in [9.17, 15) is 4.79 Å². The maximum absolute atomic E-state index is 11.3. The summed E-state index contributed by atoms with van der Waals surface area (Å²) in [7, 11) is 1.46. The summed E-state index contributed by atoms with van der Waals surface area (Å²) in [6.07, 6.45) is 9.07. The molecule has 2 nitrogen and oxygen atoms in total. The van der Waals surface area contributed by atoms with Crippen molar-refractivity contribution in [3.8, 4) is 0 Å². The van der Waals surface area contributed by atoms with Gasteiger partial charge in [-0.05, 0) is 37.5 Å². The molecule has 0 aromatic heterocycles. The minimum absolute atomic E-state index is 0.0259. The minimum Gasteiger partial charge on any atom is -0.469 e. The van der Waals surface area contributed by atoms with Crippen LogP contribution in [0.2, 0.25) is 0 Å². The van der Waals surface area contributed by atoms with Crippen LogP contribution in [0.25, 0.3) is 0 Å². The molecular weight excluding hydrogens is 224 g/mol. The molecular formula is C16H30O2. The number of esters is 1. The third-order valence-corrected chi connectivity index (χ3v) is 3.52. The maximum Gasteiger partial charge on any atom is 0.308 e. The molecule has 0 amide bonds. The van der Waals surface area contributed by atoms with E-state index < -0.39 is 0 Å². The summed E-state index contributed by atoms with van der Waals surface area (Å²) in [4.78, 5) is 11.3. The zero-order valence-corrected chi connectivity index (χ0v) is 12.6. The van der Waals surface area contributed by atoms with Gasteiger partial charge in [0.05, 0.1) is 13.0 Å². The first-order valence-electron chi connectivity index (χ1n) is 7.19. The third-order valence-electron chi connectivity index (χ3n) is 3.52. The van der Waals surface area contributed by atoms with E-state index in [-0.39, 0.29) is 11.9 Å². The summed E-state index contributed by atoms with van der Waals surface area (Å²) in [6, 6.07) is 0. The zero-order chi connectivity index (χ0) is 14.0. The van der Waals surface area contributed by atoms with Gasteiger partial charge < -0.3 is 4.74 Å². The predicted octanol–water partition coefficient (Wildman–Crippen LogP) is 4.59. The fourth-order valence-corrected chi connectivity index (χ4v) is 2.58. The normalized spacial score (nSPS) is 15.8. The molecule has 0 aliphatic heterocycles. The van der Waals surface area contributed by atoms with Gasteiger partial charge in [-0.2, -0.15) is 0 Å². The fourth-order valence-electron chi connectivity index (χ4n) is 2.58. The third kappa shape index (κ3) is 8.32. The molecule has 2 heteroatoms. The lowest BCUT2D eigenvalue weighted by molar-refractivity contribution is -0.145. The molecule has 3 unspecified atom stereocenters. The molecule has 0 aromatic rings. The van der Waals surface area contributed by atoms with Crippen LogP contribution >= 0.6 is 0 Å². The van der Waals surface area contributed by atoms with Crippen LogP contribution in [0.15, 0.2) is 12.7 Å². The van der Waals surface area contributed by atoms with Crippen LogP contribution in [0.4, 0.5) is 0 Å². The maximum atomic E-state index is 11.3. The van der Waals surface area contributed by atoms with Crippen molar-refractivity contribution < 1.29 is 9.53 Å². The molecule has 0 aliphatic carbocycles. The lowest BCUT2D eigenvalue weighted by Gasteiger charge is -2.19. The van der Waals surface area contributed by atoms with Crippen molar-refractivity contribution in [2.75, 3.05) is 7.11 Å². The van der Waals surface area contributed by atoms with Crippen LogP contribution in [0, 0.1) is 17.8 Å². The van der Waals surface area contributed by atoms with Gasteiger partial charge in [0, 0.05) is 0 Å². The minimum atomic E-state index is -0.0829. The molecule has 0 fully saturated rings. The van der Waals surface area contributed by atoms with E-state index in [1.54, 1.807) is 0 Å². The molecule has 0 spiro atoms. The Morgan fingerprint density at radius 1 is 1.17 bits per heavy atom. The lowest BCUT2D eigenvalue weighted by atomic mass is 9.87. The molecule has 18 heavy (non-hydrogen) atoms. The van der Waals surface area contributed by atoms with Crippen LogP contribution in [-0.2, 0) is 9.53 Å². The number of hydrogen-bond donors (Lipinski definition) is 0. The Morgan fingerprint density at radius 2 is 1.83 bits per heavy atom. The predicted molar refractivity (Wildman–Crippen MR) is 77.4 cm³/mol. The summed E-state index contributed by atoms with van der Waals surface area (Å²) < 4.78 is 4.76. The Balaban J connectivity index is 3.75. The highest BCUT2D eigenvalue weighted by Crippen LogP contribution is 2.23. The number of hydrogen-bond acceptors (Lipinski definition) is 2. The average molecular weight is 254 g/mol. The first-order valence-corrected chi connectivity index (χ1v) is 7.19. The molecule has 0 aliphatic rings. The van der Waals surface area contributed by atoms with Gasteiger partial charge in [-0.25, -0.2) is 0 Å². The van der Waals surface area contributed by atoms with Gasteiger partial charge in [0.1, 0.15) is 0 Å². The standard InChI is InChI=1S/C16H30O2/c1-6-7-8-9-10-13(2)11-14(3)12-15(4)16(17)18-5/h6,13-15H,1,7-12H2,2-5H3. The van der Waals surface area contributed by atoms with Crippen LogP contribution in [-0.4, -0.2) is 13.1 Å². The molecule has 0 saturated heterocycles. The summed E-state index contributed by atoms with van der Waals surface area (Å²) in [6.45, 7) is 10.2. The van der Waals surface area contributed by atoms with Crippen molar-refractivity contribution >= 4 is 5.97 Å². The highest BCUT2D eigenvalue weighted by Gasteiger charge is 2.18. The van der Waals surface area contributed by atoms with Crippen LogP contribution in [0.1, 0.15) is 59.3 Å². The molecule has 3 atom stereocenters. The molecule has 0 aromatic carbocycles. The van der Waals surface area contributed by atoms with Gasteiger partial charge in [0.15, 0.2) is 0 Å². The quantitative estimate of drug-likeness (QED) is 0.324. The second-order valence-electron chi connectivity index (χ2n) is 5.68. The molecule has 106 valence electrons. The van der Waals surface area contributed by atoms with Crippen molar-refractivity contribution in [2.45, 2.75) is 59.3 Å². The second kappa shape index (κ2) is 10.2. The Kier molecular flexibility index (Phi) is 9.72. The lowest BCUT2D eigenvalue weighted by Crippen LogP contribution is -2.16. The van der Waals surface area contributed by atoms with E-state index in [1.807, 2.05) is 13.0 Å². The Morgan fingerprint density at radius 3 is 2.39 bits per heavy atom. The van der Waals surface area contributed by atoms with Gasteiger partial charge in [-0.1, -0.05) is 39.7 Å². The first kappa shape index (κ1) is 17.2. The summed E-state index contributed by atoms with van der Waals surface area (Å²) >= 11 is 0. The highest BCUT2D eigenvalue weighted by molar-refractivity contribution is 5.71. The number of rotatable bonds is 10. The number of unbranched alkanes of at least 4 members (excludes halogenated alkanes) is 2. The van der Waals surface area contributed by atoms with E-state index in [1.165, 1.54) is 32.8 Å². The van der Waals surface area contributed by atoms with Crippen molar-refractivity contribution in [3.05, 3.63) is 12.7 Å². The van der Waals surface area contributed by atoms with E-state index in [4.69, 9.17) is 4.74 Å². The first-order chi connectivity index (χ1) is 8.51. The van der Waals surface area contributed by atoms with Crippen molar-refractivity contribution in [2.24, 2.45) is 17.8 Å². The van der Waals surface area contributed by atoms with Crippen molar-refractivity contribution in [1.29, 1.82) is 0 Å². The number of methoxy groups -OCH3 is 1. The fraction of sp³-hybridized carbons (Fsp3) is 0.812. The smallest absolute Gasteiger partial charge is 0.308 e. The van der Waals surface area contributed by atoms with Crippen LogP contribution < -0.4 is 0 Å². The molecule has 0 bridgehead atoms. The molecule has 0 N–H and O–H groups in total. The Bertz CT molecular complexity index is 235. The van der Waals surface area contributed by atoms with Crippen molar-refractivity contribution in [1.82, 2.24) is 0 Å². The molecule has 0 saturated carbocycles.